The predicted molar refractivity (Wildman–Crippen MR) is 89.6 cm³/mol. The Morgan fingerprint density at radius 1 is 1.24 bits per heavy atom. The summed E-state index contributed by atoms with van der Waals surface area (Å²) in [6.07, 6.45) is 0. The Labute approximate surface area is 130 Å². The van der Waals surface area contributed by atoms with E-state index in [1.165, 1.54) is 5.56 Å². The molecule has 0 aliphatic rings. The lowest BCUT2D eigenvalue weighted by molar-refractivity contribution is 0.545. The summed E-state index contributed by atoms with van der Waals surface area (Å²) >= 11 is 1.69. The van der Waals surface area contributed by atoms with Crippen molar-refractivity contribution in [3.05, 3.63) is 33.8 Å². The van der Waals surface area contributed by atoms with E-state index in [0.29, 0.717) is 5.82 Å². The summed E-state index contributed by atoms with van der Waals surface area (Å²) in [5.74, 6) is 7.84. The molecule has 2 rings (SSSR count). The molecule has 6 heteroatoms. The van der Waals surface area contributed by atoms with Gasteiger partial charge in [0.05, 0.1) is 6.04 Å². The molecule has 114 valence electrons. The van der Waals surface area contributed by atoms with Gasteiger partial charge in [0, 0.05) is 11.0 Å². The first-order chi connectivity index (χ1) is 9.82. The molecular weight excluding hydrogens is 282 g/mol. The second-order valence-corrected chi connectivity index (χ2v) is 6.97. The van der Waals surface area contributed by atoms with Gasteiger partial charge >= 0.3 is 0 Å². The van der Waals surface area contributed by atoms with Gasteiger partial charge in [-0.1, -0.05) is 20.8 Å². The zero-order valence-corrected chi connectivity index (χ0v) is 14.0. The molecule has 0 saturated heterocycles. The number of hydrogen-bond donors (Lipinski definition) is 3. The molecule has 4 N–H and O–H groups in total. The van der Waals surface area contributed by atoms with E-state index in [1.807, 2.05) is 6.92 Å². The third-order valence-electron chi connectivity index (χ3n) is 3.35. The lowest BCUT2D eigenvalue weighted by Crippen LogP contribution is -2.22. The summed E-state index contributed by atoms with van der Waals surface area (Å²) in [6.45, 7) is 10.3. The first-order valence-electron chi connectivity index (χ1n) is 6.97. The van der Waals surface area contributed by atoms with Crippen molar-refractivity contribution in [3.8, 4) is 0 Å². The lowest BCUT2D eigenvalue weighted by Gasteiger charge is -2.22. The Hall–Kier alpha value is -1.66. The topological polar surface area (TPSA) is 75.9 Å². The third kappa shape index (κ3) is 3.51. The average molecular weight is 305 g/mol. The van der Waals surface area contributed by atoms with Gasteiger partial charge in [0.15, 0.2) is 0 Å². The second kappa shape index (κ2) is 5.99. The Kier molecular flexibility index (Phi) is 4.49. The van der Waals surface area contributed by atoms with Crippen LogP contribution in [0.3, 0.4) is 0 Å². The fraction of sp³-hybridized carbons (Fsp3) is 0.467. The van der Waals surface area contributed by atoms with Crippen molar-refractivity contribution < 1.29 is 0 Å². The first kappa shape index (κ1) is 15.7. The van der Waals surface area contributed by atoms with Crippen molar-refractivity contribution in [3.63, 3.8) is 0 Å². The van der Waals surface area contributed by atoms with E-state index < -0.39 is 0 Å². The number of hydrazine groups is 1. The van der Waals surface area contributed by atoms with Gasteiger partial charge in [0.1, 0.15) is 17.5 Å². The maximum Gasteiger partial charge on any atom is 0.148 e. The van der Waals surface area contributed by atoms with Crippen molar-refractivity contribution in [1.82, 2.24) is 9.97 Å². The molecule has 2 heterocycles. The number of nitrogens with zero attached hydrogens (tertiary/aromatic N) is 2. The van der Waals surface area contributed by atoms with Crippen LogP contribution in [0.4, 0.5) is 11.6 Å². The highest BCUT2D eigenvalue weighted by molar-refractivity contribution is 7.07. The van der Waals surface area contributed by atoms with Crippen LogP contribution in [-0.4, -0.2) is 9.97 Å². The first-order valence-corrected chi connectivity index (χ1v) is 7.91. The molecule has 0 saturated carbocycles. The molecule has 0 bridgehead atoms. The molecule has 5 nitrogen and oxygen atoms in total. The Balaban J connectivity index is 2.38. The molecule has 2 aromatic heterocycles. The highest BCUT2D eigenvalue weighted by Crippen LogP contribution is 2.28. The highest BCUT2D eigenvalue weighted by atomic mass is 32.1. The lowest BCUT2D eigenvalue weighted by atomic mass is 9.95. The molecular formula is C15H23N5S. The molecule has 1 atom stereocenters. The number of anilines is 2. The van der Waals surface area contributed by atoms with Gasteiger partial charge in [0.25, 0.3) is 0 Å². The van der Waals surface area contributed by atoms with Crippen molar-refractivity contribution >= 4 is 23.0 Å². The SMILES string of the molecule is Cc1c(NN)nc(C(C)(C)C)nc1NC(C)c1ccsc1. The monoisotopic (exact) mass is 305 g/mol. The molecule has 0 aliphatic carbocycles. The van der Waals surface area contributed by atoms with Crippen LogP contribution < -0.4 is 16.6 Å². The van der Waals surface area contributed by atoms with Gasteiger partial charge < -0.3 is 10.7 Å². The number of aromatic nitrogens is 2. The molecule has 0 radical (unpaired) electrons. The van der Waals surface area contributed by atoms with Crippen LogP contribution in [0.15, 0.2) is 16.8 Å². The summed E-state index contributed by atoms with van der Waals surface area (Å²) in [5, 5.41) is 7.68. The average Bonchev–Trinajstić information content (AvgIpc) is 2.93. The molecule has 21 heavy (non-hydrogen) atoms. The van der Waals surface area contributed by atoms with Crippen LogP contribution in [0.2, 0.25) is 0 Å². The standard InChI is InChI=1S/C15H23N5S/c1-9-12(17-10(2)11-6-7-21-8-11)18-14(15(3,4)5)19-13(9)20-16/h6-8,10H,16H2,1-5H3,(H2,17,18,19,20). The maximum atomic E-state index is 5.59. The Morgan fingerprint density at radius 3 is 2.43 bits per heavy atom. The van der Waals surface area contributed by atoms with Crippen LogP contribution in [0.5, 0.6) is 0 Å². The van der Waals surface area contributed by atoms with Crippen molar-refractivity contribution in [1.29, 1.82) is 0 Å². The Morgan fingerprint density at radius 2 is 1.90 bits per heavy atom. The zero-order chi connectivity index (χ0) is 15.6. The zero-order valence-electron chi connectivity index (χ0n) is 13.2. The van der Waals surface area contributed by atoms with E-state index in [0.717, 1.165) is 17.2 Å². The van der Waals surface area contributed by atoms with E-state index in [1.54, 1.807) is 11.3 Å². The van der Waals surface area contributed by atoms with Gasteiger partial charge in [-0.2, -0.15) is 11.3 Å². The molecule has 2 aromatic rings. The molecule has 0 fully saturated rings. The number of nitrogens with two attached hydrogens (primary N) is 1. The summed E-state index contributed by atoms with van der Waals surface area (Å²) < 4.78 is 0. The number of rotatable bonds is 4. The van der Waals surface area contributed by atoms with Crippen LogP contribution >= 0.6 is 11.3 Å². The molecule has 0 amide bonds. The van der Waals surface area contributed by atoms with E-state index >= 15 is 0 Å². The molecule has 0 aliphatic heterocycles. The van der Waals surface area contributed by atoms with E-state index in [2.05, 4.69) is 65.2 Å². The molecule has 0 aromatic carbocycles. The van der Waals surface area contributed by atoms with Gasteiger partial charge in [-0.25, -0.2) is 15.8 Å². The van der Waals surface area contributed by atoms with Crippen LogP contribution in [0.25, 0.3) is 0 Å². The van der Waals surface area contributed by atoms with Gasteiger partial charge in [0.2, 0.25) is 0 Å². The molecule has 1 unspecified atom stereocenters. The number of nitrogen functional groups attached to an aromatic ring is 1. The highest BCUT2D eigenvalue weighted by Gasteiger charge is 2.21. The summed E-state index contributed by atoms with van der Waals surface area (Å²) in [5.41, 5.74) is 4.70. The van der Waals surface area contributed by atoms with Gasteiger partial charge in [-0.15, -0.1) is 0 Å². The van der Waals surface area contributed by atoms with Crippen LogP contribution in [-0.2, 0) is 5.41 Å². The summed E-state index contributed by atoms with van der Waals surface area (Å²) in [7, 11) is 0. The van der Waals surface area contributed by atoms with E-state index in [4.69, 9.17) is 5.84 Å². The van der Waals surface area contributed by atoms with Crippen molar-refractivity contribution in [2.75, 3.05) is 10.7 Å². The van der Waals surface area contributed by atoms with Crippen LogP contribution in [0.1, 0.15) is 50.7 Å². The van der Waals surface area contributed by atoms with Crippen molar-refractivity contribution in [2.45, 2.75) is 46.1 Å². The predicted octanol–water partition coefficient (Wildman–Crippen LogP) is 3.60. The van der Waals surface area contributed by atoms with Crippen LogP contribution in [0, 0.1) is 6.92 Å². The van der Waals surface area contributed by atoms with E-state index in [-0.39, 0.29) is 11.5 Å². The number of thiophene rings is 1. The summed E-state index contributed by atoms with van der Waals surface area (Å²) in [6, 6.07) is 2.30. The summed E-state index contributed by atoms with van der Waals surface area (Å²) in [4.78, 5) is 9.20. The minimum absolute atomic E-state index is 0.138. The minimum Gasteiger partial charge on any atom is -0.363 e. The number of hydrogen-bond acceptors (Lipinski definition) is 6. The minimum atomic E-state index is -0.138. The fourth-order valence-corrected chi connectivity index (χ4v) is 2.70. The van der Waals surface area contributed by atoms with Crippen molar-refractivity contribution in [2.24, 2.45) is 5.84 Å². The maximum absolute atomic E-state index is 5.59. The molecule has 0 spiro atoms. The largest absolute Gasteiger partial charge is 0.363 e. The fourth-order valence-electron chi connectivity index (χ4n) is 1.94. The smallest absolute Gasteiger partial charge is 0.148 e. The third-order valence-corrected chi connectivity index (χ3v) is 4.05. The van der Waals surface area contributed by atoms with Gasteiger partial charge in [-0.3, -0.25) is 0 Å². The Bertz CT molecular complexity index is 601. The second-order valence-electron chi connectivity index (χ2n) is 6.19. The number of nitrogens with one attached hydrogen (secondary N) is 2. The normalized spacial score (nSPS) is 13.0. The quantitative estimate of drug-likeness (QED) is 0.594. The van der Waals surface area contributed by atoms with E-state index in [9.17, 15) is 0 Å². The van der Waals surface area contributed by atoms with Gasteiger partial charge in [-0.05, 0) is 36.2 Å².